The van der Waals surface area contributed by atoms with Gasteiger partial charge in [0.1, 0.15) is 11.6 Å². The summed E-state index contributed by atoms with van der Waals surface area (Å²) < 4.78 is 0. The standard InChI is InChI=1S/C23H32O3/c1-5-8-18(20(6-2)21(25)11-16(4)24)12-17-13-19-10-7-9-15(3)23(19)22(26)14-17/h7,9-10,17-18,20H,5-6,8,11-14H2,1-4H3. The van der Waals surface area contributed by atoms with Crippen molar-refractivity contribution in [2.75, 3.05) is 0 Å². The van der Waals surface area contributed by atoms with E-state index in [9.17, 15) is 14.4 Å². The molecule has 0 spiro atoms. The summed E-state index contributed by atoms with van der Waals surface area (Å²) in [6.07, 6.45) is 5.21. The zero-order valence-corrected chi connectivity index (χ0v) is 16.6. The summed E-state index contributed by atoms with van der Waals surface area (Å²) in [6.45, 7) is 7.67. The van der Waals surface area contributed by atoms with Crippen LogP contribution in [0.3, 0.4) is 0 Å². The fraction of sp³-hybridized carbons (Fsp3) is 0.609. The zero-order valence-electron chi connectivity index (χ0n) is 16.6. The molecule has 3 heteroatoms. The first-order valence-electron chi connectivity index (χ1n) is 10.0. The molecule has 0 heterocycles. The molecule has 1 aliphatic rings. The topological polar surface area (TPSA) is 51.2 Å². The van der Waals surface area contributed by atoms with Gasteiger partial charge in [-0.3, -0.25) is 14.4 Å². The lowest BCUT2D eigenvalue weighted by Crippen LogP contribution is -2.29. The summed E-state index contributed by atoms with van der Waals surface area (Å²) >= 11 is 0. The molecule has 2 rings (SSSR count). The van der Waals surface area contributed by atoms with Gasteiger partial charge < -0.3 is 0 Å². The lowest BCUT2D eigenvalue weighted by Gasteiger charge is -2.31. The first-order chi connectivity index (χ1) is 12.4. The number of carbonyl (C=O) groups excluding carboxylic acids is 3. The smallest absolute Gasteiger partial charge is 0.163 e. The number of aryl methyl sites for hydroxylation is 1. The summed E-state index contributed by atoms with van der Waals surface area (Å²) in [5, 5.41) is 0. The second-order valence-corrected chi connectivity index (χ2v) is 7.95. The van der Waals surface area contributed by atoms with E-state index in [2.05, 4.69) is 13.0 Å². The van der Waals surface area contributed by atoms with Crippen LogP contribution in [0.4, 0.5) is 0 Å². The van der Waals surface area contributed by atoms with E-state index in [1.54, 1.807) is 0 Å². The molecule has 0 saturated heterocycles. The van der Waals surface area contributed by atoms with Crippen molar-refractivity contribution in [2.45, 2.75) is 72.6 Å². The van der Waals surface area contributed by atoms with E-state index in [1.165, 1.54) is 6.92 Å². The van der Waals surface area contributed by atoms with Crippen molar-refractivity contribution < 1.29 is 14.4 Å². The number of hydrogen-bond acceptors (Lipinski definition) is 3. The van der Waals surface area contributed by atoms with Crippen LogP contribution in [0.1, 0.15) is 80.8 Å². The Kier molecular flexibility index (Phi) is 7.31. The number of fused-ring (bicyclic) bond motifs is 1. The van der Waals surface area contributed by atoms with Crippen LogP contribution in [-0.2, 0) is 16.0 Å². The molecule has 3 atom stereocenters. The Hall–Kier alpha value is -1.77. The van der Waals surface area contributed by atoms with Gasteiger partial charge in [-0.2, -0.15) is 0 Å². The summed E-state index contributed by atoms with van der Waals surface area (Å²) in [5.74, 6) is 0.770. The molecule has 3 unspecified atom stereocenters. The van der Waals surface area contributed by atoms with Crippen molar-refractivity contribution in [3.05, 3.63) is 34.9 Å². The van der Waals surface area contributed by atoms with E-state index in [-0.39, 0.29) is 35.6 Å². The minimum atomic E-state index is -0.0622. The molecular weight excluding hydrogens is 324 g/mol. The maximum atomic E-state index is 12.7. The Morgan fingerprint density at radius 2 is 1.92 bits per heavy atom. The zero-order chi connectivity index (χ0) is 19.3. The SMILES string of the molecule is CCCC(CC1CC(=O)c2c(C)cccc2C1)C(CC)C(=O)CC(C)=O. The van der Waals surface area contributed by atoms with E-state index in [4.69, 9.17) is 0 Å². The molecule has 1 aromatic carbocycles. The number of hydrogen-bond donors (Lipinski definition) is 0. The Balaban J connectivity index is 2.15. The van der Waals surface area contributed by atoms with Crippen molar-refractivity contribution in [2.24, 2.45) is 17.8 Å². The number of Topliss-reactive ketones (excluding diaryl/α,β-unsaturated/α-hetero) is 3. The molecule has 0 radical (unpaired) electrons. The van der Waals surface area contributed by atoms with Gasteiger partial charge >= 0.3 is 0 Å². The summed E-state index contributed by atoms with van der Waals surface area (Å²) in [7, 11) is 0. The molecule has 0 amide bonds. The highest BCUT2D eigenvalue weighted by atomic mass is 16.1. The molecule has 142 valence electrons. The van der Waals surface area contributed by atoms with Gasteiger partial charge in [0, 0.05) is 17.9 Å². The Labute approximate surface area is 157 Å². The monoisotopic (exact) mass is 356 g/mol. The van der Waals surface area contributed by atoms with Gasteiger partial charge in [0.05, 0.1) is 6.42 Å². The van der Waals surface area contributed by atoms with Crippen molar-refractivity contribution in [3.63, 3.8) is 0 Å². The van der Waals surface area contributed by atoms with E-state index in [1.807, 2.05) is 26.0 Å². The van der Waals surface area contributed by atoms with Crippen molar-refractivity contribution in [1.82, 2.24) is 0 Å². The lowest BCUT2D eigenvalue weighted by molar-refractivity contribution is -0.129. The molecule has 0 aromatic heterocycles. The number of benzene rings is 1. The average molecular weight is 357 g/mol. The minimum Gasteiger partial charge on any atom is -0.300 e. The van der Waals surface area contributed by atoms with Gasteiger partial charge in [0.2, 0.25) is 0 Å². The summed E-state index contributed by atoms with van der Waals surface area (Å²) in [4.78, 5) is 36.6. The fourth-order valence-corrected chi connectivity index (χ4v) is 4.69. The van der Waals surface area contributed by atoms with Crippen LogP contribution in [0, 0.1) is 24.7 Å². The Bertz CT molecular complexity index is 674. The summed E-state index contributed by atoms with van der Waals surface area (Å²) in [6, 6.07) is 6.10. The first kappa shape index (κ1) is 20.5. The largest absolute Gasteiger partial charge is 0.300 e. The maximum Gasteiger partial charge on any atom is 0.163 e. The molecule has 26 heavy (non-hydrogen) atoms. The highest BCUT2D eigenvalue weighted by molar-refractivity contribution is 6.00. The van der Waals surface area contributed by atoms with E-state index in [0.717, 1.165) is 48.8 Å². The molecule has 0 fully saturated rings. The molecule has 0 saturated carbocycles. The third-order valence-electron chi connectivity index (χ3n) is 5.76. The Morgan fingerprint density at radius 1 is 1.19 bits per heavy atom. The number of rotatable bonds is 9. The summed E-state index contributed by atoms with van der Waals surface area (Å²) in [5.41, 5.74) is 3.14. The minimum absolute atomic E-state index is 0.0460. The molecule has 1 aromatic rings. The number of ketones is 3. The van der Waals surface area contributed by atoms with Gasteiger partial charge in [-0.05, 0) is 56.1 Å². The van der Waals surface area contributed by atoms with Crippen LogP contribution in [0.2, 0.25) is 0 Å². The molecule has 1 aliphatic carbocycles. The van der Waals surface area contributed by atoms with Crippen LogP contribution >= 0.6 is 0 Å². The Morgan fingerprint density at radius 3 is 2.54 bits per heavy atom. The van der Waals surface area contributed by atoms with Crippen LogP contribution < -0.4 is 0 Å². The van der Waals surface area contributed by atoms with Crippen LogP contribution in [-0.4, -0.2) is 17.3 Å². The fourth-order valence-electron chi connectivity index (χ4n) is 4.69. The van der Waals surface area contributed by atoms with Crippen molar-refractivity contribution in [3.8, 4) is 0 Å². The normalized spacial score (nSPS) is 18.9. The van der Waals surface area contributed by atoms with E-state index in [0.29, 0.717) is 12.3 Å². The second kappa shape index (κ2) is 9.25. The van der Waals surface area contributed by atoms with Crippen LogP contribution in [0.5, 0.6) is 0 Å². The highest BCUT2D eigenvalue weighted by Crippen LogP contribution is 2.36. The molecule has 3 nitrogen and oxygen atoms in total. The molecule has 0 bridgehead atoms. The number of carbonyl (C=O) groups is 3. The van der Waals surface area contributed by atoms with E-state index < -0.39 is 0 Å². The van der Waals surface area contributed by atoms with Gasteiger partial charge in [-0.15, -0.1) is 0 Å². The second-order valence-electron chi connectivity index (χ2n) is 7.95. The van der Waals surface area contributed by atoms with Crippen molar-refractivity contribution >= 4 is 17.3 Å². The van der Waals surface area contributed by atoms with Gasteiger partial charge in [0.25, 0.3) is 0 Å². The van der Waals surface area contributed by atoms with Gasteiger partial charge in [-0.1, -0.05) is 44.9 Å². The third kappa shape index (κ3) is 4.90. The maximum absolute atomic E-state index is 12.7. The van der Waals surface area contributed by atoms with Crippen LogP contribution in [0.25, 0.3) is 0 Å². The molecule has 0 N–H and O–H groups in total. The van der Waals surface area contributed by atoms with Crippen LogP contribution in [0.15, 0.2) is 18.2 Å². The third-order valence-corrected chi connectivity index (χ3v) is 5.76. The first-order valence-corrected chi connectivity index (χ1v) is 10.0. The van der Waals surface area contributed by atoms with Gasteiger partial charge in [-0.25, -0.2) is 0 Å². The predicted octanol–water partition coefficient (Wildman–Crippen LogP) is 5.12. The average Bonchev–Trinajstić information content (AvgIpc) is 2.54. The molecular formula is C23H32O3. The predicted molar refractivity (Wildman–Crippen MR) is 104 cm³/mol. The van der Waals surface area contributed by atoms with E-state index >= 15 is 0 Å². The van der Waals surface area contributed by atoms with Crippen molar-refractivity contribution in [1.29, 1.82) is 0 Å². The molecule has 0 aliphatic heterocycles. The quantitative estimate of drug-likeness (QED) is 0.577. The highest BCUT2D eigenvalue weighted by Gasteiger charge is 2.32. The lowest BCUT2D eigenvalue weighted by atomic mass is 9.72. The van der Waals surface area contributed by atoms with Gasteiger partial charge in [0.15, 0.2) is 5.78 Å².